The first kappa shape index (κ1) is 85.6. The molecule has 4 aromatic rings. The highest BCUT2D eigenvalue weighted by Crippen LogP contribution is 2.37. The number of nitrogens with two attached hydrogens (primary N) is 5. The monoisotopic (exact) mass is 1530 g/mol. The van der Waals surface area contributed by atoms with Crippen molar-refractivity contribution in [3.8, 4) is 10.7 Å². The minimum Gasteiger partial charge on any atom is -0.441 e. The molecule has 6 rings (SSSR count). The Balaban J connectivity index is 1.18. The first-order valence-electron chi connectivity index (χ1n) is 33.7. The van der Waals surface area contributed by atoms with Gasteiger partial charge in [-0.1, -0.05) is 13.5 Å². The van der Waals surface area contributed by atoms with Crippen LogP contribution >= 0.6 is 34.5 Å². The molecule has 7 amide bonds. The van der Waals surface area contributed by atoms with Gasteiger partial charge >= 0.3 is 6.09 Å². The van der Waals surface area contributed by atoms with Crippen molar-refractivity contribution < 1.29 is 93.4 Å². The first-order chi connectivity index (χ1) is 49.5. The summed E-state index contributed by atoms with van der Waals surface area (Å²) in [6.07, 6.45) is -17.8. The zero-order valence-corrected chi connectivity index (χ0v) is 60.3. The number of unbranched alkanes of at least 4 members (excludes halogenated alkanes) is 1. The van der Waals surface area contributed by atoms with E-state index in [2.05, 4.69) is 78.9 Å². The Kier molecular flexibility index (Phi) is 34.6. The number of H-pyrrole nitrogens is 1. The van der Waals surface area contributed by atoms with Crippen LogP contribution in [0.4, 0.5) is 10.6 Å². The fraction of sp³-hybridized carbons (Fsp3) is 0.645. The van der Waals surface area contributed by atoms with Gasteiger partial charge in [-0.25, -0.2) is 34.6 Å². The van der Waals surface area contributed by atoms with Crippen LogP contribution in [0.2, 0.25) is 0 Å². The Morgan fingerprint density at radius 1 is 0.788 bits per heavy atom. The number of primary amides is 3. The summed E-state index contributed by atoms with van der Waals surface area (Å²) in [6.45, 7) is 12.3. The van der Waals surface area contributed by atoms with Crippen LogP contribution < -0.4 is 76.0 Å². The molecule has 9 unspecified atom stereocenters. The van der Waals surface area contributed by atoms with Gasteiger partial charge in [0.15, 0.2) is 12.4 Å². The lowest BCUT2D eigenvalue weighted by Crippen LogP contribution is -2.64. The van der Waals surface area contributed by atoms with Gasteiger partial charge in [0.2, 0.25) is 23.6 Å². The third-order valence-corrected chi connectivity index (χ3v) is 19.3. The summed E-state index contributed by atoms with van der Waals surface area (Å²) in [5.41, 5.74) is 28.7. The Hall–Kier alpha value is -7.37. The van der Waals surface area contributed by atoms with Crippen molar-refractivity contribution in [2.75, 3.05) is 71.3 Å². The fourth-order valence-electron chi connectivity index (χ4n) is 11.3. The molecule has 0 radical (unpaired) electrons. The number of rotatable bonds is 45. The summed E-state index contributed by atoms with van der Waals surface area (Å²) in [5.74, 6) is -8.53. The SMILES string of the molecule is C=C(NCCc1nc(-c2nc(C(=O)NCCCNCCCCNCCCNCl)cs2)cs1)C(NC(=O)C(C)C(O)C(C)NC(=O)C(NC(=O)c1nc(C(CC(N)=O)NCC(N)C(N)=O)nc(N)c1C)C(O[C@@H]1C[C@H](CO)[C@@H](O)[C@H](O)[C@@H]1O[C@H]1O[C@H](CO)[C@@H](O)[C@H](OC(N)=O)[C@@H]1O)c1cnc[nH]1)C(C)O. The molecular formula is C62H99ClN20O19S2. The lowest BCUT2D eigenvalue weighted by molar-refractivity contribution is -0.335. The number of hydrogen-bond acceptors (Lipinski definition) is 33. The van der Waals surface area contributed by atoms with Crippen molar-refractivity contribution in [1.82, 2.24) is 77.3 Å². The molecule has 39 nitrogen and oxygen atoms in total. The Labute approximate surface area is 611 Å². The highest BCUT2D eigenvalue weighted by Gasteiger charge is 2.53. The molecule has 1 saturated carbocycles. The number of nitrogens with zero attached hydrogens (tertiary/aromatic N) is 5. The topological polar surface area (TPSA) is 637 Å². The normalized spacial score (nSPS) is 23.0. The maximum atomic E-state index is 15.3. The predicted molar refractivity (Wildman–Crippen MR) is 376 cm³/mol. The zero-order chi connectivity index (χ0) is 76.5. The summed E-state index contributed by atoms with van der Waals surface area (Å²) >= 11 is 8.11. The van der Waals surface area contributed by atoms with E-state index < -0.39 is 183 Å². The average Bonchev–Trinajstić information content (AvgIpc) is 0.858. The van der Waals surface area contributed by atoms with Crippen LogP contribution in [0.1, 0.15) is 115 Å². The van der Waals surface area contributed by atoms with Gasteiger partial charge in [-0.3, -0.25) is 28.8 Å². The van der Waals surface area contributed by atoms with E-state index in [1.54, 1.807) is 5.38 Å². The molecule has 2 aliphatic rings. The van der Waals surface area contributed by atoms with Crippen molar-refractivity contribution in [1.29, 1.82) is 0 Å². The van der Waals surface area contributed by atoms with Gasteiger partial charge < -0.3 is 136 Å². The molecule has 1 aliphatic heterocycles. The van der Waals surface area contributed by atoms with E-state index in [4.69, 9.17) is 64.4 Å². The molecule has 0 bridgehead atoms. The minimum absolute atomic E-state index is 0.0823. The maximum Gasteiger partial charge on any atom is 0.404 e. The van der Waals surface area contributed by atoms with E-state index in [1.807, 2.05) is 5.38 Å². The van der Waals surface area contributed by atoms with Crippen molar-refractivity contribution in [2.24, 2.45) is 34.8 Å². The number of anilines is 1. The Morgan fingerprint density at radius 3 is 2.11 bits per heavy atom. The number of thiazole rings is 2. The highest BCUT2D eigenvalue weighted by atomic mass is 35.5. The molecule has 1 saturated heterocycles. The van der Waals surface area contributed by atoms with Gasteiger partial charge in [-0.05, 0) is 90.8 Å². The van der Waals surface area contributed by atoms with E-state index in [1.165, 1.54) is 56.6 Å². The van der Waals surface area contributed by atoms with E-state index in [0.717, 1.165) is 64.7 Å². The quantitative estimate of drug-likeness (QED) is 0.0145. The predicted octanol–water partition coefficient (Wildman–Crippen LogP) is -5.84. The fourth-order valence-corrected chi connectivity index (χ4v) is 13.0. The van der Waals surface area contributed by atoms with Crippen LogP contribution in [0, 0.1) is 18.8 Å². The number of hydrogen-bond donors (Lipinski definition) is 23. The van der Waals surface area contributed by atoms with E-state index >= 15 is 4.79 Å². The van der Waals surface area contributed by atoms with Crippen LogP contribution in [0.25, 0.3) is 10.7 Å². The lowest BCUT2D eigenvalue weighted by atomic mass is 9.80. The van der Waals surface area contributed by atoms with Crippen molar-refractivity contribution in [3.63, 3.8) is 0 Å². The number of amides is 7. The van der Waals surface area contributed by atoms with E-state index in [-0.39, 0.29) is 53.3 Å². The summed E-state index contributed by atoms with van der Waals surface area (Å²) in [5, 5.41) is 117. The number of aliphatic hydroxyl groups is 8. The Morgan fingerprint density at radius 2 is 1.48 bits per heavy atom. The van der Waals surface area contributed by atoms with Gasteiger partial charge in [-0.2, -0.15) is 0 Å². The molecule has 42 heteroatoms. The third-order valence-electron chi connectivity index (χ3n) is 17.3. The molecule has 5 heterocycles. The second kappa shape index (κ2) is 42.1. The molecule has 1 aliphatic carbocycles. The highest BCUT2D eigenvalue weighted by molar-refractivity contribution is 7.14. The van der Waals surface area contributed by atoms with Crippen LogP contribution in [0.15, 0.2) is 35.6 Å². The molecule has 0 spiro atoms. The largest absolute Gasteiger partial charge is 0.441 e. The van der Waals surface area contributed by atoms with Crippen molar-refractivity contribution in [3.05, 3.63) is 69.0 Å². The summed E-state index contributed by atoms with van der Waals surface area (Å²) in [7, 11) is 0. The second-order valence-corrected chi connectivity index (χ2v) is 27.3. The van der Waals surface area contributed by atoms with Crippen LogP contribution in [-0.4, -0.2) is 269 Å². The Bertz CT molecular complexity index is 3420. The standard InChI is InChI=1S/C62H99ClN20O19S2/c1-27-42(80-55(83-53(27)66)34(19-40(65)87)74-20-33(64)54(67)93)58(96)82-44(50(35-21-71-26-75-35)99-38-18-32(22-84)46(89)48(91)51(38)101-61-49(92)52(102-62(68)98)47(90)39(23-85)100-61)59(97)77-30(4)45(88)28(2)56(94)81-43(31(5)86)29(3)72-17-10-41-78-37(25-103-41)60-79-36(24-104-60)57(95)73-15-8-13-69-11-6-7-12-70-14-9-16-76-63/h21,24-26,28,30-34,38-39,43-52,61,69-70,72,74,76,84-86,88-92H,3,6-20,22-23,64H2,1-2,4-5H3,(H2,65,87)(H2,67,93)(H2,68,98)(H,71,75)(H,73,95)(H,77,97)(H,81,94)(H,82,96)(H2,66,80,83)/t28?,30?,31?,32-,33?,34?,38-,39-,43?,44?,45?,46-,47-,48+,49+,50?,51-,52+,61-/m1/s1. The van der Waals surface area contributed by atoms with Crippen molar-refractivity contribution >= 4 is 81.8 Å². The molecule has 2 fully saturated rings. The van der Waals surface area contributed by atoms with E-state index in [0.29, 0.717) is 28.7 Å². The number of ether oxygens (including phenoxy) is 4. The summed E-state index contributed by atoms with van der Waals surface area (Å²) in [6, 6.07) is -7.16. The maximum absolute atomic E-state index is 15.3. The molecule has 19 atom stereocenters. The summed E-state index contributed by atoms with van der Waals surface area (Å²) in [4.78, 5) is 121. The summed E-state index contributed by atoms with van der Waals surface area (Å²) < 4.78 is 23.3. The first-order valence-corrected chi connectivity index (χ1v) is 35.8. The molecule has 28 N–H and O–H groups in total. The molecule has 0 aromatic carbocycles. The molecule has 4 aromatic heterocycles. The van der Waals surface area contributed by atoms with E-state index in [9.17, 15) is 69.6 Å². The van der Waals surface area contributed by atoms with Crippen molar-refractivity contribution in [2.45, 2.75) is 176 Å². The second-order valence-electron chi connectivity index (χ2n) is 25.2. The van der Waals surface area contributed by atoms with Gasteiger partial charge in [0.1, 0.15) is 76.4 Å². The van der Waals surface area contributed by atoms with Crippen LogP contribution in [0.5, 0.6) is 0 Å². The third kappa shape index (κ3) is 24.6. The van der Waals surface area contributed by atoms with Crippen LogP contribution in [-0.2, 0) is 44.5 Å². The zero-order valence-electron chi connectivity index (χ0n) is 57.9. The molecule has 104 heavy (non-hydrogen) atoms. The van der Waals surface area contributed by atoms with Gasteiger partial charge in [-0.15, -0.1) is 22.7 Å². The number of imidazole rings is 1. The number of carbonyl (C=O) groups excluding carboxylic acids is 7. The smallest absolute Gasteiger partial charge is 0.404 e. The number of aliphatic hydroxyl groups excluding tert-OH is 8. The minimum atomic E-state index is -2.11. The number of carbonyl (C=O) groups is 7. The van der Waals surface area contributed by atoms with Gasteiger partial charge in [0, 0.05) is 73.6 Å². The molecule has 580 valence electrons. The number of aromatic nitrogens is 6. The number of nitrogen functional groups attached to an aromatic ring is 1. The van der Waals surface area contributed by atoms with Crippen LogP contribution in [0.3, 0.4) is 0 Å². The average molecular weight is 1530 g/mol. The lowest BCUT2D eigenvalue weighted by Gasteiger charge is -2.47. The van der Waals surface area contributed by atoms with Gasteiger partial charge in [0.05, 0.1) is 84.3 Å². The number of nitrogens with one attached hydrogen (secondary N) is 10. The van der Waals surface area contributed by atoms with Gasteiger partial charge in [0.25, 0.3) is 11.8 Å². The number of aromatic amines is 1. The number of halogens is 1. The molecular weight excluding hydrogens is 1430 g/mol.